The Balaban J connectivity index is 0.00000341. The van der Waals surface area contributed by atoms with E-state index in [1.165, 1.54) is 17.0 Å². The van der Waals surface area contributed by atoms with Gasteiger partial charge >= 0.3 is 6.18 Å². The molecule has 2 aromatic rings. The maximum absolute atomic E-state index is 13.7. The van der Waals surface area contributed by atoms with Crippen molar-refractivity contribution < 1.29 is 17.9 Å². The van der Waals surface area contributed by atoms with Gasteiger partial charge in [-0.3, -0.25) is 4.99 Å². The lowest BCUT2D eigenvalue weighted by Gasteiger charge is -2.29. The Labute approximate surface area is 201 Å². The van der Waals surface area contributed by atoms with Crippen LogP contribution >= 0.6 is 35.3 Å². The normalized spacial score (nSPS) is 14.9. The summed E-state index contributed by atoms with van der Waals surface area (Å²) in [5.74, 6) is 0.425. The van der Waals surface area contributed by atoms with Crippen molar-refractivity contribution in [2.75, 3.05) is 38.3 Å². The van der Waals surface area contributed by atoms with Crippen molar-refractivity contribution in [3.63, 3.8) is 0 Å². The van der Waals surface area contributed by atoms with Crippen LogP contribution in [0.4, 0.5) is 18.9 Å². The van der Waals surface area contributed by atoms with E-state index in [2.05, 4.69) is 27.5 Å². The van der Waals surface area contributed by atoms with Crippen LogP contribution in [0.25, 0.3) is 0 Å². The monoisotopic (exact) mass is 569 g/mol. The fourth-order valence-electron chi connectivity index (χ4n) is 3.15. The van der Waals surface area contributed by atoms with E-state index in [0.717, 1.165) is 11.4 Å². The first-order valence-corrected chi connectivity index (χ1v) is 10.6. The number of aromatic nitrogens is 1. The Morgan fingerprint density at radius 3 is 2.55 bits per heavy atom. The molecule has 1 aromatic carbocycles. The number of guanidine groups is 1. The minimum atomic E-state index is -4.44. The summed E-state index contributed by atoms with van der Waals surface area (Å²) in [5.41, 5.74) is 0.0966. The summed E-state index contributed by atoms with van der Waals surface area (Å²) >= 11 is 1.60. The molecule has 6 nitrogen and oxygen atoms in total. The van der Waals surface area contributed by atoms with Gasteiger partial charge in [-0.1, -0.05) is 13.0 Å². The lowest BCUT2D eigenvalue weighted by Crippen LogP contribution is -2.37. The van der Waals surface area contributed by atoms with E-state index in [-0.39, 0.29) is 36.1 Å². The smallest absolute Gasteiger partial charge is 0.378 e. The minimum absolute atomic E-state index is 0. The van der Waals surface area contributed by atoms with Crippen LogP contribution < -0.4 is 15.5 Å². The number of aryl methyl sites for hydroxylation is 1. The zero-order valence-corrected chi connectivity index (χ0v) is 20.6. The highest BCUT2D eigenvalue weighted by Crippen LogP contribution is 2.35. The van der Waals surface area contributed by atoms with Gasteiger partial charge in [0.2, 0.25) is 0 Å². The van der Waals surface area contributed by atoms with Crippen LogP contribution in [-0.4, -0.2) is 44.3 Å². The predicted molar refractivity (Wildman–Crippen MR) is 128 cm³/mol. The van der Waals surface area contributed by atoms with Crippen LogP contribution in [0.5, 0.6) is 0 Å². The number of morpholine rings is 1. The molecule has 0 aliphatic carbocycles. The Bertz CT molecular complexity index is 869. The molecule has 0 radical (unpaired) electrons. The molecule has 0 amide bonds. The van der Waals surface area contributed by atoms with Crippen molar-refractivity contribution in [2.24, 2.45) is 4.99 Å². The summed E-state index contributed by atoms with van der Waals surface area (Å²) in [4.78, 5) is 11.5. The van der Waals surface area contributed by atoms with E-state index in [1.807, 2.05) is 11.1 Å². The second-order valence-corrected chi connectivity index (χ2v) is 7.99. The molecule has 2 heterocycles. The lowest BCUT2D eigenvalue weighted by atomic mass is 10.0. The van der Waals surface area contributed by atoms with Gasteiger partial charge in [-0.2, -0.15) is 13.2 Å². The van der Waals surface area contributed by atoms with Crippen LogP contribution in [0.1, 0.15) is 27.9 Å². The van der Waals surface area contributed by atoms with Gasteiger partial charge in [-0.25, -0.2) is 4.98 Å². The second-order valence-electron chi connectivity index (χ2n) is 6.79. The molecule has 1 aromatic heterocycles. The highest BCUT2D eigenvalue weighted by atomic mass is 127. The minimum Gasteiger partial charge on any atom is -0.378 e. The maximum atomic E-state index is 13.7. The predicted octanol–water partition coefficient (Wildman–Crippen LogP) is 4.04. The molecule has 172 valence electrons. The quantitative estimate of drug-likeness (QED) is 0.313. The number of benzene rings is 1. The van der Waals surface area contributed by atoms with E-state index < -0.39 is 11.7 Å². The second kappa shape index (κ2) is 11.9. The molecule has 31 heavy (non-hydrogen) atoms. The molecule has 0 saturated carbocycles. The molecule has 0 bridgehead atoms. The molecule has 1 aliphatic rings. The van der Waals surface area contributed by atoms with E-state index in [9.17, 15) is 13.2 Å². The lowest BCUT2D eigenvalue weighted by molar-refractivity contribution is -0.138. The number of ether oxygens (including phenoxy) is 1. The third-order valence-electron chi connectivity index (χ3n) is 4.80. The van der Waals surface area contributed by atoms with Crippen LogP contribution in [0.3, 0.4) is 0 Å². The average Bonchev–Trinajstić information content (AvgIpc) is 3.22. The topological polar surface area (TPSA) is 61.8 Å². The van der Waals surface area contributed by atoms with E-state index in [4.69, 9.17) is 4.74 Å². The van der Waals surface area contributed by atoms with E-state index in [1.54, 1.807) is 24.5 Å². The van der Waals surface area contributed by atoms with Crippen molar-refractivity contribution in [3.8, 4) is 0 Å². The summed E-state index contributed by atoms with van der Waals surface area (Å²) in [7, 11) is 1.58. The van der Waals surface area contributed by atoms with Gasteiger partial charge in [-0.05, 0) is 24.1 Å². The average molecular weight is 569 g/mol. The molecule has 0 unspecified atom stereocenters. The number of halogens is 4. The number of rotatable bonds is 6. The molecular weight excluding hydrogens is 542 g/mol. The third kappa shape index (κ3) is 7.21. The number of nitrogens with one attached hydrogen (secondary N) is 2. The molecule has 1 aliphatic heterocycles. The number of hydrogen-bond donors (Lipinski definition) is 2. The molecule has 0 spiro atoms. The van der Waals surface area contributed by atoms with Crippen molar-refractivity contribution in [3.05, 3.63) is 45.4 Å². The summed E-state index contributed by atoms with van der Waals surface area (Å²) in [6.45, 7) is 4.75. The molecule has 3 rings (SSSR count). The molecule has 1 saturated heterocycles. The van der Waals surface area contributed by atoms with Crippen LogP contribution in [0, 0.1) is 0 Å². The number of hydrogen-bond acceptors (Lipinski definition) is 5. The number of anilines is 1. The van der Waals surface area contributed by atoms with Crippen LogP contribution in [0.15, 0.2) is 29.4 Å². The highest BCUT2D eigenvalue weighted by molar-refractivity contribution is 14.0. The van der Waals surface area contributed by atoms with Crippen molar-refractivity contribution >= 4 is 47.0 Å². The first-order chi connectivity index (χ1) is 14.4. The van der Waals surface area contributed by atoms with Crippen LogP contribution in [0.2, 0.25) is 0 Å². The fraction of sp³-hybridized carbons (Fsp3) is 0.500. The van der Waals surface area contributed by atoms with E-state index >= 15 is 0 Å². The SMILES string of the molecule is CCc1cnc(CNC(=NC)NCc2ccc(N3CCOCC3)cc2C(F)(F)F)s1.I. The number of nitrogens with zero attached hydrogens (tertiary/aromatic N) is 3. The van der Waals surface area contributed by atoms with E-state index in [0.29, 0.717) is 44.5 Å². The summed E-state index contributed by atoms with van der Waals surface area (Å²) in [6.07, 6.45) is -1.68. The number of alkyl halides is 3. The summed E-state index contributed by atoms with van der Waals surface area (Å²) < 4.78 is 46.3. The van der Waals surface area contributed by atoms with Gasteiger partial charge in [0.05, 0.1) is 25.3 Å². The van der Waals surface area contributed by atoms with Gasteiger partial charge in [-0.15, -0.1) is 35.3 Å². The molecule has 1 fully saturated rings. The number of thiazole rings is 1. The number of aliphatic imine (C=N–C) groups is 1. The Morgan fingerprint density at radius 1 is 1.23 bits per heavy atom. The summed E-state index contributed by atoms with van der Waals surface area (Å²) in [6, 6.07) is 4.48. The zero-order chi connectivity index (χ0) is 21.6. The van der Waals surface area contributed by atoms with Gasteiger partial charge in [0.15, 0.2) is 5.96 Å². The highest BCUT2D eigenvalue weighted by Gasteiger charge is 2.34. The third-order valence-corrected chi connectivity index (χ3v) is 5.94. The molecule has 0 atom stereocenters. The Hall–Kier alpha value is -1.60. The molecule has 11 heteroatoms. The molecule has 2 N–H and O–H groups in total. The zero-order valence-electron chi connectivity index (χ0n) is 17.5. The van der Waals surface area contributed by atoms with Crippen molar-refractivity contribution in [1.82, 2.24) is 15.6 Å². The van der Waals surface area contributed by atoms with Crippen LogP contribution in [-0.2, 0) is 30.4 Å². The Morgan fingerprint density at radius 2 is 1.94 bits per heavy atom. The largest absolute Gasteiger partial charge is 0.416 e. The standard InChI is InChI=1S/C20H26F3N5OS.HI/c1-3-16-12-25-18(30-16)13-27-19(24-2)26-11-14-4-5-15(10-17(14)20(21,22)23)28-6-8-29-9-7-28;/h4-5,10,12H,3,6-9,11,13H2,1-2H3,(H2,24,26,27);1H. The maximum Gasteiger partial charge on any atom is 0.416 e. The van der Waals surface area contributed by atoms with Gasteiger partial charge in [0.1, 0.15) is 5.01 Å². The van der Waals surface area contributed by atoms with Gasteiger partial charge < -0.3 is 20.3 Å². The van der Waals surface area contributed by atoms with Crippen molar-refractivity contribution in [2.45, 2.75) is 32.6 Å². The first kappa shape index (κ1) is 25.7. The molecular formula is C20H27F3IN5OS. The van der Waals surface area contributed by atoms with Crippen molar-refractivity contribution in [1.29, 1.82) is 0 Å². The van der Waals surface area contributed by atoms with Gasteiger partial charge in [0, 0.05) is 43.4 Å². The Kier molecular flexibility index (Phi) is 9.82. The fourth-order valence-corrected chi connectivity index (χ4v) is 3.95. The first-order valence-electron chi connectivity index (χ1n) is 9.81. The summed E-state index contributed by atoms with van der Waals surface area (Å²) in [5, 5.41) is 6.97. The van der Waals surface area contributed by atoms with Gasteiger partial charge in [0.25, 0.3) is 0 Å².